The molecule has 0 aliphatic heterocycles. The van der Waals surface area contributed by atoms with Gasteiger partial charge in [0.25, 0.3) is 0 Å². The molecule has 5 nitrogen and oxygen atoms in total. The average Bonchev–Trinajstić information content (AvgIpc) is 3.24. The predicted octanol–water partition coefficient (Wildman–Crippen LogP) is 2.62. The summed E-state index contributed by atoms with van der Waals surface area (Å²) in [6.45, 7) is 4.72. The van der Waals surface area contributed by atoms with Crippen LogP contribution in [-0.4, -0.2) is 27.1 Å². The van der Waals surface area contributed by atoms with Gasteiger partial charge < -0.3 is 4.90 Å². The average molecular weight is 350 g/mol. The lowest BCUT2D eigenvalue weighted by atomic mass is 9.87. The van der Waals surface area contributed by atoms with Gasteiger partial charge in [0.05, 0.1) is 6.26 Å². The van der Waals surface area contributed by atoms with Crippen LogP contribution in [-0.2, 0) is 21.2 Å². The molecule has 0 radical (unpaired) electrons. The minimum Gasteiger partial charge on any atom is -0.312 e. The third-order valence-corrected chi connectivity index (χ3v) is 5.83. The summed E-state index contributed by atoms with van der Waals surface area (Å²) in [5.74, 6) is 0.808. The van der Waals surface area contributed by atoms with Crippen molar-refractivity contribution in [3.8, 4) is 0 Å². The highest BCUT2D eigenvalue weighted by Gasteiger charge is 2.41. The van der Waals surface area contributed by atoms with Crippen molar-refractivity contribution >= 4 is 21.6 Å². The fourth-order valence-corrected chi connectivity index (χ4v) is 4.43. The highest BCUT2D eigenvalue weighted by molar-refractivity contribution is 7.88. The standard InChI is InChI=1S/C18H26N2O3S/c1-4-20(18(21)15-10-12(15)2)14-9-8-13-6-5-7-17(16(13)11-14)19-24(3,22)23/h8-9,11-12,15,17,19H,4-7,10H2,1-3H3/t12-,15-,17+/m1/s1. The van der Waals surface area contributed by atoms with Gasteiger partial charge in [-0.25, -0.2) is 13.1 Å². The summed E-state index contributed by atoms with van der Waals surface area (Å²) < 4.78 is 26.0. The zero-order valence-electron chi connectivity index (χ0n) is 14.6. The molecule has 0 unspecified atom stereocenters. The van der Waals surface area contributed by atoms with E-state index in [1.807, 2.05) is 30.0 Å². The van der Waals surface area contributed by atoms with Gasteiger partial charge in [-0.1, -0.05) is 13.0 Å². The van der Waals surface area contributed by atoms with Gasteiger partial charge in [0, 0.05) is 24.2 Å². The molecule has 0 bridgehead atoms. The summed E-state index contributed by atoms with van der Waals surface area (Å²) in [7, 11) is -3.26. The maximum atomic E-state index is 12.6. The topological polar surface area (TPSA) is 66.5 Å². The van der Waals surface area contributed by atoms with E-state index in [2.05, 4.69) is 11.6 Å². The van der Waals surface area contributed by atoms with Gasteiger partial charge in [0.15, 0.2) is 0 Å². The maximum absolute atomic E-state index is 12.6. The van der Waals surface area contributed by atoms with E-state index in [0.717, 1.165) is 36.9 Å². The van der Waals surface area contributed by atoms with Crippen LogP contribution >= 0.6 is 0 Å². The molecule has 1 fully saturated rings. The first-order chi connectivity index (χ1) is 11.3. The molecular weight excluding hydrogens is 324 g/mol. The number of carbonyl (C=O) groups excluding carboxylic acids is 1. The lowest BCUT2D eigenvalue weighted by Crippen LogP contribution is -2.33. The molecular formula is C18H26N2O3S. The first kappa shape index (κ1) is 17.4. The van der Waals surface area contributed by atoms with E-state index >= 15 is 0 Å². The number of rotatable bonds is 5. The van der Waals surface area contributed by atoms with Gasteiger partial charge in [0.2, 0.25) is 15.9 Å². The second kappa shape index (κ2) is 6.48. The second-order valence-electron chi connectivity index (χ2n) is 7.12. The molecule has 132 valence electrons. The molecule has 0 aromatic heterocycles. The Hall–Kier alpha value is -1.40. The van der Waals surface area contributed by atoms with Crippen LogP contribution in [0, 0.1) is 11.8 Å². The Kier molecular flexibility index (Phi) is 4.71. The molecule has 0 spiro atoms. The Morgan fingerprint density at radius 3 is 2.67 bits per heavy atom. The highest BCUT2D eigenvalue weighted by Crippen LogP contribution is 2.40. The zero-order chi connectivity index (χ0) is 17.5. The summed E-state index contributed by atoms with van der Waals surface area (Å²) >= 11 is 0. The van der Waals surface area contributed by atoms with Crippen molar-refractivity contribution < 1.29 is 13.2 Å². The molecule has 1 saturated carbocycles. The number of aryl methyl sites for hydroxylation is 1. The molecule has 24 heavy (non-hydrogen) atoms. The molecule has 3 rings (SSSR count). The van der Waals surface area contributed by atoms with E-state index in [4.69, 9.17) is 0 Å². The van der Waals surface area contributed by atoms with E-state index in [1.165, 1.54) is 11.8 Å². The summed E-state index contributed by atoms with van der Waals surface area (Å²) in [6.07, 6.45) is 4.89. The molecule has 1 aromatic rings. The smallest absolute Gasteiger partial charge is 0.230 e. The summed E-state index contributed by atoms with van der Waals surface area (Å²) in [5.41, 5.74) is 3.07. The number of sulfonamides is 1. The fraction of sp³-hybridized carbons (Fsp3) is 0.611. The molecule has 0 saturated heterocycles. The molecule has 0 heterocycles. The SMILES string of the molecule is CCN(C(=O)[C@@H]1C[C@H]1C)c1ccc2c(c1)[C@@H](NS(C)(=O)=O)CCC2. The van der Waals surface area contributed by atoms with Gasteiger partial charge in [0.1, 0.15) is 0 Å². The summed E-state index contributed by atoms with van der Waals surface area (Å²) in [5, 5.41) is 0. The van der Waals surface area contributed by atoms with Crippen molar-refractivity contribution in [3.63, 3.8) is 0 Å². The number of hydrogen-bond acceptors (Lipinski definition) is 3. The van der Waals surface area contributed by atoms with Crippen LogP contribution in [0.4, 0.5) is 5.69 Å². The lowest BCUT2D eigenvalue weighted by molar-refractivity contribution is -0.120. The van der Waals surface area contributed by atoms with Crippen molar-refractivity contribution in [3.05, 3.63) is 29.3 Å². The minimum atomic E-state index is -3.26. The Morgan fingerprint density at radius 1 is 1.38 bits per heavy atom. The second-order valence-corrected chi connectivity index (χ2v) is 8.90. The van der Waals surface area contributed by atoms with Crippen molar-refractivity contribution in [2.75, 3.05) is 17.7 Å². The largest absolute Gasteiger partial charge is 0.312 e. The first-order valence-corrected chi connectivity index (χ1v) is 10.6. The number of nitrogens with zero attached hydrogens (tertiary/aromatic N) is 1. The van der Waals surface area contributed by atoms with Crippen LogP contribution in [0.15, 0.2) is 18.2 Å². The van der Waals surface area contributed by atoms with Crippen LogP contribution in [0.3, 0.4) is 0 Å². The number of hydrogen-bond donors (Lipinski definition) is 1. The van der Waals surface area contributed by atoms with Crippen LogP contribution in [0.1, 0.15) is 50.3 Å². The van der Waals surface area contributed by atoms with E-state index in [0.29, 0.717) is 12.5 Å². The van der Waals surface area contributed by atoms with Crippen LogP contribution in [0.5, 0.6) is 0 Å². The van der Waals surface area contributed by atoms with Gasteiger partial charge in [-0.3, -0.25) is 4.79 Å². The highest BCUT2D eigenvalue weighted by atomic mass is 32.2. The van der Waals surface area contributed by atoms with Crippen LogP contribution in [0.2, 0.25) is 0 Å². The molecule has 6 heteroatoms. The normalized spacial score (nSPS) is 25.9. The van der Waals surface area contributed by atoms with E-state index in [9.17, 15) is 13.2 Å². The number of nitrogens with one attached hydrogen (secondary N) is 1. The quantitative estimate of drug-likeness (QED) is 0.888. The maximum Gasteiger partial charge on any atom is 0.230 e. The third kappa shape index (κ3) is 3.64. The minimum absolute atomic E-state index is 0.144. The monoisotopic (exact) mass is 350 g/mol. The van der Waals surface area contributed by atoms with Crippen LogP contribution in [0.25, 0.3) is 0 Å². The third-order valence-electron chi connectivity index (χ3n) is 5.12. The van der Waals surface area contributed by atoms with Crippen molar-refractivity contribution in [2.45, 2.75) is 45.6 Å². The number of amides is 1. The van der Waals surface area contributed by atoms with Crippen molar-refractivity contribution in [2.24, 2.45) is 11.8 Å². The Morgan fingerprint density at radius 2 is 2.08 bits per heavy atom. The molecule has 3 atom stereocenters. The molecule has 1 N–H and O–H groups in total. The van der Waals surface area contributed by atoms with E-state index in [-0.39, 0.29) is 17.9 Å². The fourth-order valence-electron chi connectivity index (χ4n) is 3.67. The van der Waals surface area contributed by atoms with Gasteiger partial charge in [-0.15, -0.1) is 0 Å². The first-order valence-electron chi connectivity index (χ1n) is 8.71. The molecule has 1 aromatic carbocycles. The van der Waals surface area contributed by atoms with Crippen LogP contribution < -0.4 is 9.62 Å². The number of fused-ring (bicyclic) bond motifs is 1. The predicted molar refractivity (Wildman–Crippen MR) is 95.4 cm³/mol. The number of carbonyl (C=O) groups is 1. The molecule has 1 amide bonds. The van der Waals surface area contributed by atoms with E-state index < -0.39 is 10.0 Å². The van der Waals surface area contributed by atoms with Gasteiger partial charge >= 0.3 is 0 Å². The number of benzene rings is 1. The Bertz CT molecular complexity index is 745. The molecule has 2 aliphatic carbocycles. The van der Waals surface area contributed by atoms with Gasteiger partial charge in [-0.2, -0.15) is 0 Å². The summed E-state index contributed by atoms with van der Waals surface area (Å²) in [4.78, 5) is 14.5. The van der Waals surface area contributed by atoms with Crippen molar-refractivity contribution in [1.82, 2.24) is 4.72 Å². The zero-order valence-corrected chi connectivity index (χ0v) is 15.4. The van der Waals surface area contributed by atoms with Crippen molar-refractivity contribution in [1.29, 1.82) is 0 Å². The van der Waals surface area contributed by atoms with E-state index in [1.54, 1.807) is 0 Å². The lowest BCUT2D eigenvalue weighted by Gasteiger charge is -2.29. The molecule has 2 aliphatic rings. The van der Waals surface area contributed by atoms with Gasteiger partial charge in [-0.05, 0) is 61.8 Å². The Labute approximate surface area is 144 Å². The Balaban J connectivity index is 1.90. The number of anilines is 1. The summed E-state index contributed by atoms with van der Waals surface area (Å²) in [6, 6.07) is 5.85.